The summed E-state index contributed by atoms with van der Waals surface area (Å²) in [6, 6.07) is 0. The average molecular weight is 315 g/mol. The van der Waals surface area contributed by atoms with E-state index in [1.807, 2.05) is 13.0 Å². The molecular weight excluding hydrogens is 299 g/mol. The summed E-state index contributed by atoms with van der Waals surface area (Å²) in [7, 11) is 7.67. The maximum Gasteiger partial charge on any atom is 0.411 e. The zero-order chi connectivity index (χ0) is 16.0. The van der Waals surface area contributed by atoms with Gasteiger partial charge < -0.3 is 18.9 Å². The molecule has 0 aromatic carbocycles. The third-order valence-corrected chi connectivity index (χ3v) is 4.31. The Balaban J connectivity index is 1.49. The van der Waals surface area contributed by atoms with Crippen LogP contribution >= 0.6 is 0 Å². The minimum absolute atomic E-state index is 0.0302. The number of fused-ring (bicyclic) bond motifs is 1. The molecular formula is C13H16B2F3O4. The van der Waals surface area contributed by atoms with E-state index in [9.17, 15) is 13.2 Å². The molecule has 2 heterocycles. The van der Waals surface area contributed by atoms with E-state index in [-0.39, 0.29) is 37.2 Å². The Morgan fingerprint density at radius 1 is 1.50 bits per heavy atom. The van der Waals surface area contributed by atoms with Gasteiger partial charge in [0.1, 0.15) is 20.1 Å². The van der Waals surface area contributed by atoms with E-state index in [4.69, 9.17) is 22.0 Å². The van der Waals surface area contributed by atoms with Gasteiger partial charge >= 0.3 is 13.7 Å². The molecule has 22 heavy (non-hydrogen) atoms. The van der Waals surface area contributed by atoms with Gasteiger partial charge in [0.25, 0.3) is 0 Å². The molecule has 2 saturated heterocycles. The minimum Gasteiger partial charge on any atom is -0.437 e. The third-order valence-electron chi connectivity index (χ3n) is 4.31. The van der Waals surface area contributed by atoms with E-state index in [0.717, 1.165) is 5.47 Å². The molecule has 0 amide bonds. The van der Waals surface area contributed by atoms with Crippen LogP contribution in [0.15, 0.2) is 11.5 Å². The highest BCUT2D eigenvalue weighted by molar-refractivity contribution is 6.40. The van der Waals surface area contributed by atoms with E-state index < -0.39 is 18.4 Å². The molecule has 0 bridgehead atoms. The molecule has 4 nitrogen and oxygen atoms in total. The van der Waals surface area contributed by atoms with Crippen molar-refractivity contribution in [3.05, 3.63) is 11.5 Å². The van der Waals surface area contributed by atoms with Crippen LogP contribution in [0.4, 0.5) is 13.2 Å². The molecule has 3 aliphatic rings. The molecule has 3 rings (SSSR count). The zero-order valence-corrected chi connectivity index (χ0v) is 12.1. The SMILES string of the molecule is [B]C1=CC2(CO2)C(C(C)OCCOCC(F)(F)F)C2O[B]C12. The van der Waals surface area contributed by atoms with E-state index in [2.05, 4.69) is 4.74 Å². The summed E-state index contributed by atoms with van der Waals surface area (Å²) in [5.74, 6) is 0.0322. The maximum absolute atomic E-state index is 12.0. The lowest BCUT2D eigenvalue weighted by Gasteiger charge is -2.49. The monoisotopic (exact) mass is 315 g/mol. The molecule has 9 heteroatoms. The van der Waals surface area contributed by atoms with Crippen molar-refractivity contribution in [1.82, 2.24) is 0 Å². The minimum atomic E-state index is -4.31. The van der Waals surface area contributed by atoms with Crippen LogP contribution in [0, 0.1) is 5.92 Å². The van der Waals surface area contributed by atoms with Gasteiger partial charge in [0.15, 0.2) is 0 Å². The average Bonchev–Trinajstić information content (AvgIpc) is 3.10. The van der Waals surface area contributed by atoms with Gasteiger partial charge in [-0.1, -0.05) is 6.08 Å². The fourth-order valence-electron chi connectivity index (χ4n) is 3.18. The van der Waals surface area contributed by atoms with Gasteiger partial charge in [-0.3, -0.25) is 0 Å². The van der Waals surface area contributed by atoms with Crippen LogP contribution < -0.4 is 0 Å². The molecule has 119 valence electrons. The first-order valence-corrected chi connectivity index (χ1v) is 7.19. The van der Waals surface area contributed by atoms with Gasteiger partial charge in [-0.2, -0.15) is 13.2 Å². The summed E-state index contributed by atoms with van der Waals surface area (Å²) in [6.07, 6.45) is -2.73. The lowest BCUT2D eigenvalue weighted by Crippen LogP contribution is -2.56. The Morgan fingerprint density at radius 2 is 2.23 bits per heavy atom. The van der Waals surface area contributed by atoms with Gasteiger partial charge in [0.2, 0.25) is 0 Å². The van der Waals surface area contributed by atoms with Gasteiger partial charge in [-0.15, -0.1) is 5.47 Å². The van der Waals surface area contributed by atoms with Crippen LogP contribution in [-0.2, 0) is 18.9 Å². The predicted octanol–water partition coefficient (Wildman–Crippen LogP) is 1.23. The first-order chi connectivity index (χ1) is 10.3. The largest absolute Gasteiger partial charge is 0.437 e. The smallest absolute Gasteiger partial charge is 0.411 e. The summed E-state index contributed by atoms with van der Waals surface area (Å²) in [5, 5.41) is 0. The standard InChI is InChI=1S/C13H16B2F3O4/c1-7(20-3-2-19-6-13(16,17)18)9-11-10(15-22-11)8(14)4-12(9)5-21-12/h4,7,9-11H,2-3,5-6H2,1H3. The van der Waals surface area contributed by atoms with Crippen molar-refractivity contribution in [3.63, 3.8) is 0 Å². The van der Waals surface area contributed by atoms with Crippen molar-refractivity contribution in [3.8, 4) is 0 Å². The quantitative estimate of drug-likeness (QED) is 0.420. The number of rotatable bonds is 6. The van der Waals surface area contributed by atoms with Gasteiger partial charge in [0.05, 0.1) is 25.9 Å². The van der Waals surface area contributed by atoms with Crippen LogP contribution in [0.5, 0.6) is 0 Å². The highest BCUT2D eigenvalue weighted by atomic mass is 19.4. The summed E-state index contributed by atoms with van der Waals surface area (Å²) in [5.41, 5.74) is 0.289. The summed E-state index contributed by atoms with van der Waals surface area (Å²) >= 11 is 0. The van der Waals surface area contributed by atoms with Gasteiger partial charge in [0, 0.05) is 12.0 Å². The van der Waals surface area contributed by atoms with Crippen LogP contribution in [0.25, 0.3) is 0 Å². The summed E-state index contributed by atoms with van der Waals surface area (Å²) in [4.78, 5) is 0. The Hall–Kier alpha value is -0.500. The maximum atomic E-state index is 12.0. The lowest BCUT2D eigenvalue weighted by molar-refractivity contribution is -0.178. The van der Waals surface area contributed by atoms with Crippen LogP contribution in [0.1, 0.15) is 6.92 Å². The second-order valence-corrected chi connectivity index (χ2v) is 5.92. The van der Waals surface area contributed by atoms with Crippen molar-refractivity contribution in [2.75, 3.05) is 26.4 Å². The van der Waals surface area contributed by atoms with E-state index in [1.165, 1.54) is 0 Å². The predicted molar refractivity (Wildman–Crippen MR) is 72.7 cm³/mol. The number of hydrogen-bond acceptors (Lipinski definition) is 4. The molecule has 0 aromatic heterocycles. The molecule has 0 aromatic rings. The molecule has 2 fully saturated rings. The molecule has 5 unspecified atom stereocenters. The second-order valence-electron chi connectivity index (χ2n) is 5.92. The van der Waals surface area contributed by atoms with Crippen LogP contribution in [0.3, 0.4) is 0 Å². The van der Waals surface area contributed by atoms with E-state index in [0.29, 0.717) is 6.61 Å². The number of hydrogen-bond donors (Lipinski definition) is 0. The highest BCUT2D eigenvalue weighted by Gasteiger charge is 2.61. The van der Waals surface area contributed by atoms with Crippen molar-refractivity contribution < 1.29 is 32.0 Å². The molecule has 1 aliphatic carbocycles. The third kappa shape index (κ3) is 3.22. The normalized spacial score (nSPS) is 37.8. The first kappa shape index (κ1) is 16.4. The number of alkyl halides is 3. The second kappa shape index (κ2) is 5.85. The molecule has 1 spiro atoms. The number of halogens is 3. The fourth-order valence-corrected chi connectivity index (χ4v) is 3.18. The Morgan fingerprint density at radius 3 is 2.77 bits per heavy atom. The molecule has 5 atom stereocenters. The topological polar surface area (TPSA) is 40.2 Å². The van der Waals surface area contributed by atoms with Crippen molar-refractivity contribution in [2.24, 2.45) is 5.92 Å². The molecule has 3 radical (unpaired) electrons. The lowest BCUT2D eigenvalue weighted by atomic mass is 9.51. The van der Waals surface area contributed by atoms with E-state index in [1.54, 1.807) is 7.48 Å². The summed E-state index contributed by atoms with van der Waals surface area (Å²) < 4.78 is 57.1. The van der Waals surface area contributed by atoms with Crippen LogP contribution in [-0.4, -0.2) is 65.7 Å². The fraction of sp³-hybridized carbons (Fsp3) is 0.846. The Kier molecular flexibility index (Phi) is 4.35. The van der Waals surface area contributed by atoms with Gasteiger partial charge in [-0.05, 0) is 12.7 Å². The van der Waals surface area contributed by atoms with E-state index >= 15 is 0 Å². The van der Waals surface area contributed by atoms with Crippen molar-refractivity contribution in [2.45, 2.75) is 36.7 Å². The first-order valence-electron chi connectivity index (χ1n) is 7.19. The molecule has 0 saturated carbocycles. The number of ether oxygens (including phenoxy) is 3. The highest BCUT2D eigenvalue weighted by Crippen LogP contribution is 2.53. The summed E-state index contributed by atoms with van der Waals surface area (Å²) in [6.45, 7) is 1.14. The Labute approximate surface area is 129 Å². The van der Waals surface area contributed by atoms with Crippen molar-refractivity contribution in [1.29, 1.82) is 0 Å². The molecule has 2 aliphatic heterocycles. The Bertz CT molecular complexity index is 453. The number of epoxide rings is 1. The van der Waals surface area contributed by atoms with Crippen LogP contribution in [0.2, 0.25) is 5.82 Å². The van der Waals surface area contributed by atoms with Crippen molar-refractivity contribution >= 4 is 15.3 Å². The van der Waals surface area contributed by atoms with Gasteiger partial charge in [-0.25, -0.2) is 0 Å². The zero-order valence-electron chi connectivity index (χ0n) is 12.1. The molecule has 0 N–H and O–H groups in total.